The van der Waals surface area contributed by atoms with E-state index in [1.54, 1.807) is 4.90 Å². The first kappa shape index (κ1) is 18.1. The molecule has 24 heavy (non-hydrogen) atoms. The minimum absolute atomic E-state index is 0.223. The van der Waals surface area contributed by atoms with E-state index >= 15 is 0 Å². The van der Waals surface area contributed by atoms with E-state index in [2.05, 4.69) is 36.2 Å². The topological polar surface area (TPSA) is 57.2 Å². The highest BCUT2D eigenvalue weighted by molar-refractivity contribution is 5.80. The van der Waals surface area contributed by atoms with E-state index in [1.165, 1.54) is 11.1 Å². The summed E-state index contributed by atoms with van der Waals surface area (Å²) in [6.07, 6.45) is -0.223. The van der Waals surface area contributed by atoms with E-state index in [9.17, 15) is 4.79 Å². The number of amides is 1. The minimum atomic E-state index is -0.223. The van der Waals surface area contributed by atoms with Crippen molar-refractivity contribution in [2.24, 2.45) is 4.99 Å². The molecule has 0 aromatic heterocycles. The maximum absolute atomic E-state index is 11.8. The Balaban J connectivity index is 1.97. The molecular weight excluding hydrogens is 304 g/mol. The van der Waals surface area contributed by atoms with Crippen LogP contribution in [-0.2, 0) is 11.3 Å². The van der Waals surface area contributed by atoms with Crippen molar-refractivity contribution in [3.05, 3.63) is 35.4 Å². The molecule has 0 bridgehead atoms. The van der Waals surface area contributed by atoms with E-state index < -0.39 is 0 Å². The van der Waals surface area contributed by atoms with Gasteiger partial charge in [0.15, 0.2) is 5.96 Å². The van der Waals surface area contributed by atoms with E-state index in [1.807, 2.05) is 19.1 Å². The predicted octanol–water partition coefficient (Wildman–Crippen LogP) is 2.23. The zero-order chi connectivity index (χ0) is 17.4. The molecule has 132 valence electrons. The molecule has 0 unspecified atom stereocenters. The van der Waals surface area contributed by atoms with Crippen LogP contribution in [0.3, 0.4) is 0 Å². The third kappa shape index (κ3) is 4.88. The number of hydrogen-bond donors (Lipinski definition) is 1. The maximum Gasteiger partial charge on any atom is 0.409 e. The second kappa shape index (κ2) is 9.15. The van der Waals surface area contributed by atoms with Crippen LogP contribution in [0.1, 0.15) is 25.0 Å². The zero-order valence-electron chi connectivity index (χ0n) is 14.9. The normalized spacial score (nSPS) is 15.4. The number of guanidine groups is 1. The van der Waals surface area contributed by atoms with E-state index in [-0.39, 0.29) is 6.09 Å². The smallest absolute Gasteiger partial charge is 0.409 e. The van der Waals surface area contributed by atoms with Crippen LogP contribution in [0, 0.1) is 6.92 Å². The second-order valence-electron chi connectivity index (χ2n) is 5.77. The van der Waals surface area contributed by atoms with Gasteiger partial charge in [0.05, 0.1) is 13.2 Å². The van der Waals surface area contributed by atoms with E-state index in [4.69, 9.17) is 9.73 Å². The highest BCUT2D eigenvalue weighted by Gasteiger charge is 2.23. The molecule has 1 amide bonds. The van der Waals surface area contributed by atoms with Gasteiger partial charge in [0.2, 0.25) is 0 Å². The number of piperazine rings is 1. The Morgan fingerprint density at radius 2 is 1.83 bits per heavy atom. The lowest BCUT2D eigenvalue weighted by atomic mass is 10.1. The van der Waals surface area contributed by atoms with Crippen molar-refractivity contribution in [1.29, 1.82) is 0 Å². The molecule has 1 fully saturated rings. The fourth-order valence-corrected chi connectivity index (χ4v) is 2.69. The highest BCUT2D eigenvalue weighted by atomic mass is 16.6. The number of nitrogens with one attached hydrogen (secondary N) is 1. The number of aryl methyl sites for hydroxylation is 1. The molecule has 6 heteroatoms. The van der Waals surface area contributed by atoms with Gasteiger partial charge in [-0.3, -0.25) is 0 Å². The summed E-state index contributed by atoms with van der Waals surface area (Å²) in [5, 5.41) is 3.35. The minimum Gasteiger partial charge on any atom is -0.450 e. The molecule has 0 saturated carbocycles. The van der Waals surface area contributed by atoms with Crippen LogP contribution in [0.2, 0.25) is 0 Å². The molecule has 1 aliphatic rings. The second-order valence-corrected chi connectivity index (χ2v) is 5.77. The Hall–Kier alpha value is -2.24. The van der Waals surface area contributed by atoms with Crippen LogP contribution >= 0.6 is 0 Å². The number of carbonyl (C=O) groups is 1. The van der Waals surface area contributed by atoms with E-state index in [0.717, 1.165) is 25.6 Å². The molecule has 1 saturated heterocycles. The molecule has 1 heterocycles. The predicted molar refractivity (Wildman–Crippen MR) is 96.2 cm³/mol. The molecule has 1 aliphatic heterocycles. The Kier molecular flexibility index (Phi) is 6.90. The molecule has 0 spiro atoms. The molecule has 6 nitrogen and oxygen atoms in total. The van der Waals surface area contributed by atoms with Crippen LogP contribution in [-0.4, -0.2) is 61.2 Å². The van der Waals surface area contributed by atoms with Gasteiger partial charge in [0, 0.05) is 32.7 Å². The average Bonchev–Trinajstić information content (AvgIpc) is 2.60. The van der Waals surface area contributed by atoms with Crippen molar-refractivity contribution >= 4 is 12.1 Å². The van der Waals surface area contributed by atoms with Crippen molar-refractivity contribution in [2.45, 2.75) is 27.3 Å². The van der Waals surface area contributed by atoms with Crippen LogP contribution < -0.4 is 5.32 Å². The first-order chi connectivity index (χ1) is 11.7. The third-order valence-electron chi connectivity index (χ3n) is 4.10. The van der Waals surface area contributed by atoms with Gasteiger partial charge < -0.3 is 19.9 Å². The van der Waals surface area contributed by atoms with Crippen LogP contribution in [0.15, 0.2) is 29.3 Å². The lowest BCUT2D eigenvalue weighted by Crippen LogP contribution is -2.53. The van der Waals surface area contributed by atoms with Gasteiger partial charge in [0.25, 0.3) is 0 Å². The first-order valence-corrected chi connectivity index (χ1v) is 8.65. The van der Waals surface area contributed by atoms with Gasteiger partial charge in [0.1, 0.15) is 0 Å². The average molecular weight is 332 g/mol. The fraction of sp³-hybridized carbons (Fsp3) is 0.556. The molecule has 1 aromatic rings. The lowest BCUT2D eigenvalue weighted by Gasteiger charge is -2.35. The molecule has 0 atom stereocenters. The SMILES string of the molecule is CCNC(=NCc1ccccc1C)N1CCN(C(=O)OCC)CC1. The number of nitrogens with zero attached hydrogens (tertiary/aromatic N) is 3. The summed E-state index contributed by atoms with van der Waals surface area (Å²) < 4.78 is 5.07. The Bertz CT molecular complexity index is 566. The summed E-state index contributed by atoms with van der Waals surface area (Å²) in [6, 6.07) is 8.31. The Morgan fingerprint density at radius 1 is 1.17 bits per heavy atom. The first-order valence-electron chi connectivity index (χ1n) is 8.65. The van der Waals surface area contributed by atoms with Crippen LogP contribution in [0.4, 0.5) is 4.79 Å². The van der Waals surface area contributed by atoms with Crippen molar-refractivity contribution < 1.29 is 9.53 Å². The number of rotatable bonds is 4. The number of hydrogen-bond acceptors (Lipinski definition) is 3. The van der Waals surface area contributed by atoms with Crippen LogP contribution in [0.5, 0.6) is 0 Å². The molecule has 1 N–H and O–H groups in total. The van der Waals surface area contributed by atoms with Gasteiger partial charge in [-0.25, -0.2) is 9.79 Å². The maximum atomic E-state index is 11.8. The summed E-state index contributed by atoms with van der Waals surface area (Å²) in [6.45, 7) is 10.7. The van der Waals surface area contributed by atoms with Gasteiger partial charge in [-0.1, -0.05) is 24.3 Å². The Morgan fingerprint density at radius 3 is 2.46 bits per heavy atom. The van der Waals surface area contributed by atoms with Gasteiger partial charge >= 0.3 is 6.09 Å². The van der Waals surface area contributed by atoms with Gasteiger partial charge in [-0.05, 0) is 31.9 Å². The number of aliphatic imine (C=N–C) groups is 1. The summed E-state index contributed by atoms with van der Waals surface area (Å²) in [4.78, 5) is 20.5. The fourth-order valence-electron chi connectivity index (χ4n) is 2.69. The monoisotopic (exact) mass is 332 g/mol. The number of carbonyl (C=O) groups excluding carboxylic acids is 1. The number of ether oxygens (including phenoxy) is 1. The lowest BCUT2D eigenvalue weighted by molar-refractivity contribution is 0.0914. The molecule has 0 radical (unpaired) electrons. The number of benzene rings is 1. The molecule has 0 aliphatic carbocycles. The van der Waals surface area contributed by atoms with E-state index in [0.29, 0.717) is 26.2 Å². The quantitative estimate of drug-likeness (QED) is 0.679. The van der Waals surface area contributed by atoms with Gasteiger partial charge in [-0.15, -0.1) is 0 Å². The molecule has 2 rings (SSSR count). The highest BCUT2D eigenvalue weighted by Crippen LogP contribution is 2.10. The summed E-state index contributed by atoms with van der Waals surface area (Å²) in [5.74, 6) is 0.907. The largest absolute Gasteiger partial charge is 0.450 e. The standard InChI is InChI=1S/C18H28N4O2/c1-4-19-17(20-14-16-9-7-6-8-15(16)3)21-10-12-22(13-11-21)18(23)24-5-2/h6-9H,4-5,10-14H2,1-3H3,(H,19,20). The van der Waals surface area contributed by atoms with Crippen LogP contribution in [0.25, 0.3) is 0 Å². The third-order valence-corrected chi connectivity index (χ3v) is 4.10. The van der Waals surface area contributed by atoms with Crippen molar-refractivity contribution in [3.8, 4) is 0 Å². The summed E-state index contributed by atoms with van der Waals surface area (Å²) >= 11 is 0. The summed E-state index contributed by atoms with van der Waals surface area (Å²) in [5.41, 5.74) is 2.49. The van der Waals surface area contributed by atoms with Crippen molar-refractivity contribution in [3.63, 3.8) is 0 Å². The molecular formula is C18H28N4O2. The zero-order valence-corrected chi connectivity index (χ0v) is 14.9. The van der Waals surface area contributed by atoms with Crippen molar-refractivity contribution in [1.82, 2.24) is 15.1 Å². The Labute approximate surface area is 144 Å². The van der Waals surface area contributed by atoms with Crippen molar-refractivity contribution in [2.75, 3.05) is 39.3 Å². The van der Waals surface area contributed by atoms with Gasteiger partial charge in [-0.2, -0.15) is 0 Å². The summed E-state index contributed by atoms with van der Waals surface area (Å²) in [7, 11) is 0. The molecule has 1 aromatic carbocycles.